The Morgan fingerprint density at radius 1 is 1.25 bits per heavy atom. The van der Waals surface area contributed by atoms with E-state index in [1.807, 2.05) is 0 Å². The van der Waals surface area contributed by atoms with Gasteiger partial charge in [-0.3, -0.25) is 4.98 Å². The quantitative estimate of drug-likeness (QED) is 0.667. The maximum absolute atomic E-state index is 4.76. The number of likely N-dealkylation sites (N-methyl/N-ethyl adjacent to an activating group) is 1. The highest BCUT2D eigenvalue weighted by Gasteiger charge is 2.14. The monoisotopic (exact) mass is 212 g/mol. The molecule has 1 aromatic carbocycles. The zero-order valence-corrected chi connectivity index (χ0v) is 9.83. The lowest BCUT2D eigenvalue weighted by atomic mass is 10.0. The zero-order chi connectivity index (χ0) is 11.1. The minimum atomic E-state index is 1.03. The molecule has 0 spiro atoms. The van der Waals surface area contributed by atoms with Crippen LogP contribution in [0.25, 0.3) is 10.9 Å². The lowest BCUT2D eigenvalue weighted by molar-refractivity contribution is 0.310. The number of rotatable bonds is 0. The Morgan fingerprint density at radius 3 is 3.00 bits per heavy atom. The molecule has 0 saturated heterocycles. The number of aryl methyl sites for hydroxylation is 1. The van der Waals surface area contributed by atoms with Gasteiger partial charge in [-0.15, -0.1) is 0 Å². The van der Waals surface area contributed by atoms with Crippen LogP contribution in [-0.2, 0) is 13.0 Å². The van der Waals surface area contributed by atoms with Crippen LogP contribution in [0, 0.1) is 6.92 Å². The third kappa shape index (κ3) is 1.59. The Balaban J connectivity index is 2.20. The number of pyridine rings is 1. The Morgan fingerprint density at radius 2 is 2.12 bits per heavy atom. The summed E-state index contributed by atoms with van der Waals surface area (Å²) in [4.78, 5) is 7.12. The van der Waals surface area contributed by atoms with Crippen molar-refractivity contribution in [2.45, 2.75) is 19.9 Å². The number of benzene rings is 1. The van der Waals surface area contributed by atoms with Gasteiger partial charge >= 0.3 is 0 Å². The standard InChI is InChI=1S/C14H16N2/c1-10-3-4-13-11(7-10)8-12-9-16(2)6-5-14(12)15-13/h3-4,7-8H,5-6,9H2,1-2H3. The van der Waals surface area contributed by atoms with Gasteiger partial charge in [0.25, 0.3) is 0 Å². The number of aromatic nitrogens is 1. The Labute approximate surface area is 95.9 Å². The minimum Gasteiger partial charge on any atom is -0.302 e. The van der Waals surface area contributed by atoms with Crippen molar-refractivity contribution in [3.63, 3.8) is 0 Å². The molecule has 0 atom stereocenters. The van der Waals surface area contributed by atoms with Crippen LogP contribution in [-0.4, -0.2) is 23.5 Å². The van der Waals surface area contributed by atoms with Crippen LogP contribution in [0.3, 0.4) is 0 Å². The number of nitrogens with zero attached hydrogens (tertiary/aromatic N) is 2. The molecule has 0 unspecified atom stereocenters. The van der Waals surface area contributed by atoms with Crippen molar-refractivity contribution < 1.29 is 0 Å². The van der Waals surface area contributed by atoms with Crippen molar-refractivity contribution in [2.75, 3.05) is 13.6 Å². The first kappa shape index (κ1) is 9.79. The van der Waals surface area contributed by atoms with Crippen molar-refractivity contribution in [1.82, 2.24) is 9.88 Å². The molecule has 0 saturated carbocycles. The first-order valence-corrected chi connectivity index (χ1v) is 5.80. The molecular weight excluding hydrogens is 196 g/mol. The summed E-state index contributed by atoms with van der Waals surface area (Å²) in [5.74, 6) is 0. The highest BCUT2D eigenvalue weighted by Crippen LogP contribution is 2.22. The van der Waals surface area contributed by atoms with E-state index in [0.717, 1.165) is 25.0 Å². The van der Waals surface area contributed by atoms with Gasteiger partial charge in [-0.05, 0) is 37.7 Å². The van der Waals surface area contributed by atoms with Crippen LogP contribution < -0.4 is 0 Å². The molecule has 0 aliphatic carbocycles. The Bertz CT molecular complexity index is 546. The molecule has 2 aromatic rings. The second-order valence-corrected chi connectivity index (χ2v) is 4.78. The first-order chi connectivity index (χ1) is 7.72. The molecule has 0 N–H and O–H groups in total. The lowest BCUT2D eigenvalue weighted by Crippen LogP contribution is -2.27. The zero-order valence-electron chi connectivity index (χ0n) is 9.83. The van der Waals surface area contributed by atoms with Crippen LogP contribution in [0.1, 0.15) is 16.8 Å². The van der Waals surface area contributed by atoms with Gasteiger partial charge in [-0.25, -0.2) is 0 Å². The topological polar surface area (TPSA) is 16.1 Å². The molecular formula is C14H16N2. The van der Waals surface area contributed by atoms with Crippen LogP contribution >= 0.6 is 0 Å². The molecule has 2 nitrogen and oxygen atoms in total. The largest absolute Gasteiger partial charge is 0.302 e. The van der Waals surface area contributed by atoms with Crippen LogP contribution in [0.4, 0.5) is 0 Å². The fourth-order valence-electron chi connectivity index (χ4n) is 2.40. The second-order valence-electron chi connectivity index (χ2n) is 4.78. The van der Waals surface area contributed by atoms with Gasteiger partial charge in [0.2, 0.25) is 0 Å². The molecule has 1 aromatic heterocycles. The maximum atomic E-state index is 4.76. The van der Waals surface area contributed by atoms with E-state index >= 15 is 0 Å². The van der Waals surface area contributed by atoms with Gasteiger partial charge in [0.15, 0.2) is 0 Å². The average Bonchev–Trinajstić information content (AvgIpc) is 2.26. The molecule has 0 radical (unpaired) electrons. The fourth-order valence-corrected chi connectivity index (χ4v) is 2.40. The number of fused-ring (bicyclic) bond motifs is 2. The summed E-state index contributed by atoms with van der Waals surface area (Å²) in [6.45, 7) is 4.29. The van der Waals surface area contributed by atoms with E-state index < -0.39 is 0 Å². The predicted octanol–water partition coefficient (Wildman–Crippen LogP) is 2.53. The summed E-state index contributed by atoms with van der Waals surface area (Å²) in [6, 6.07) is 8.79. The van der Waals surface area contributed by atoms with E-state index in [9.17, 15) is 0 Å². The van der Waals surface area contributed by atoms with E-state index in [0.29, 0.717) is 0 Å². The summed E-state index contributed by atoms with van der Waals surface area (Å²) in [7, 11) is 2.17. The van der Waals surface area contributed by atoms with Crippen molar-refractivity contribution in [3.8, 4) is 0 Å². The minimum absolute atomic E-state index is 1.03. The summed E-state index contributed by atoms with van der Waals surface area (Å²) in [6.07, 6.45) is 1.08. The van der Waals surface area contributed by atoms with E-state index in [4.69, 9.17) is 4.98 Å². The Hall–Kier alpha value is -1.41. The average molecular weight is 212 g/mol. The van der Waals surface area contributed by atoms with Gasteiger partial charge in [-0.2, -0.15) is 0 Å². The summed E-state index contributed by atoms with van der Waals surface area (Å²) in [5.41, 5.74) is 5.12. The van der Waals surface area contributed by atoms with Crippen molar-refractivity contribution >= 4 is 10.9 Å². The third-order valence-corrected chi connectivity index (χ3v) is 3.31. The number of hydrogen-bond acceptors (Lipinski definition) is 2. The van der Waals surface area contributed by atoms with Crippen molar-refractivity contribution in [1.29, 1.82) is 0 Å². The molecule has 0 fully saturated rings. The van der Waals surface area contributed by atoms with Gasteiger partial charge in [-0.1, -0.05) is 11.6 Å². The van der Waals surface area contributed by atoms with Crippen molar-refractivity contribution in [3.05, 3.63) is 41.1 Å². The summed E-state index contributed by atoms with van der Waals surface area (Å²) >= 11 is 0. The molecule has 0 bridgehead atoms. The van der Waals surface area contributed by atoms with E-state index in [-0.39, 0.29) is 0 Å². The predicted molar refractivity (Wildman–Crippen MR) is 66.5 cm³/mol. The summed E-state index contributed by atoms with van der Waals surface area (Å²) < 4.78 is 0. The van der Waals surface area contributed by atoms with Gasteiger partial charge in [0.05, 0.1) is 5.52 Å². The molecule has 82 valence electrons. The van der Waals surface area contributed by atoms with Gasteiger partial charge < -0.3 is 4.90 Å². The molecule has 0 amide bonds. The highest BCUT2D eigenvalue weighted by atomic mass is 15.1. The van der Waals surface area contributed by atoms with Crippen LogP contribution in [0.5, 0.6) is 0 Å². The molecule has 2 heteroatoms. The van der Waals surface area contributed by atoms with Crippen LogP contribution in [0.2, 0.25) is 0 Å². The second kappa shape index (κ2) is 3.56. The normalized spacial score (nSPS) is 16.4. The number of hydrogen-bond donors (Lipinski definition) is 0. The molecule has 2 heterocycles. The SMILES string of the molecule is Cc1ccc2nc3c(cc2c1)CN(C)CC3. The van der Waals surface area contributed by atoms with Gasteiger partial charge in [0, 0.05) is 30.6 Å². The lowest BCUT2D eigenvalue weighted by Gasteiger charge is -2.24. The Kier molecular flexibility index (Phi) is 2.18. The molecule has 1 aliphatic heterocycles. The van der Waals surface area contributed by atoms with Crippen molar-refractivity contribution in [2.24, 2.45) is 0 Å². The fraction of sp³-hybridized carbons (Fsp3) is 0.357. The maximum Gasteiger partial charge on any atom is 0.0705 e. The molecule has 3 rings (SSSR count). The molecule has 16 heavy (non-hydrogen) atoms. The van der Waals surface area contributed by atoms with E-state index in [1.54, 1.807) is 0 Å². The van der Waals surface area contributed by atoms with E-state index in [1.165, 1.54) is 22.2 Å². The summed E-state index contributed by atoms with van der Waals surface area (Å²) in [5, 5.41) is 1.27. The van der Waals surface area contributed by atoms with Crippen LogP contribution in [0.15, 0.2) is 24.3 Å². The molecule has 1 aliphatic rings. The van der Waals surface area contributed by atoms with Gasteiger partial charge in [0.1, 0.15) is 0 Å². The highest BCUT2D eigenvalue weighted by molar-refractivity contribution is 5.80. The third-order valence-electron chi connectivity index (χ3n) is 3.31. The smallest absolute Gasteiger partial charge is 0.0705 e. The van der Waals surface area contributed by atoms with E-state index in [2.05, 4.69) is 43.1 Å². The first-order valence-electron chi connectivity index (χ1n) is 5.80.